The zero-order chi connectivity index (χ0) is 13.9. The van der Waals surface area contributed by atoms with Crippen molar-refractivity contribution in [2.24, 2.45) is 0 Å². The van der Waals surface area contributed by atoms with Gasteiger partial charge in [0.2, 0.25) is 0 Å². The van der Waals surface area contributed by atoms with Gasteiger partial charge in [-0.25, -0.2) is 4.98 Å². The number of para-hydroxylation sites is 1. The molecule has 0 aliphatic heterocycles. The van der Waals surface area contributed by atoms with Crippen LogP contribution in [0.1, 0.15) is 5.82 Å². The van der Waals surface area contributed by atoms with Gasteiger partial charge in [0.25, 0.3) is 0 Å². The number of phenolic OH excluding ortho intramolecular Hbond substituents is 1. The average Bonchev–Trinajstić information content (AvgIpc) is 2.89. The SMILES string of the molecule is Cc1nc(-c2ccc(O)c(Oc3ccccc3)c2)n[nH]1. The molecule has 0 spiro atoms. The molecule has 5 nitrogen and oxygen atoms in total. The number of rotatable bonds is 3. The van der Waals surface area contributed by atoms with Crippen molar-refractivity contribution < 1.29 is 9.84 Å². The molecule has 100 valence electrons. The van der Waals surface area contributed by atoms with Gasteiger partial charge in [-0.3, -0.25) is 5.10 Å². The van der Waals surface area contributed by atoms with E-state index in [-0.39, 0.29) is 5.75 Å². The summed E-state index contributed by atoms with van der Waals surface area (Å²) in [5.74, 6) is 2.41. The number of phenols is 1. The monoisotopic (exact) mass is 267 g/mol. The van der Waals surface area contributed by atoms with Crippen molar-refractivity contribution in [2.75, 3.05) is 0 Å². The molecule has 2 aromatic carbocycles. The Bertz CT molecular complexity index is 723. The molecular weight excluding hydrogens is 254 g/mol. The highest BCUT2D eigenvalue weighted by Gasteiger charge is 2.09. The highest BCUT2D eigenvalue weighted by Crippen LogP contribution is 2.33. The Labute approximate surface area is 115 Å². The average molecular weight is 267 g/mol. The maximum atomic E-state index is 9.87. The van der Waals surface area contributed by atoms with Crippen LogP contribution in [0.5, 0.6) is 17.2 Å². The van der Waals surface area contributed by atoms with Gasteiger partial charge < -0.3 is 9.84 Å². The first-order valence-corrected chi connectivity index (χ1v) is 6.17. The van der Waals surface area contributed by atoms with Crippen LogP contribution in [-0.2, 0) is 0 Å². The first-order chi connectivity index (χ1) is 9.72. The van der Waals surface area contributed by atoms with Crippen LogP contribution in [0.3, 0.4) is 0 Å². The van der Waals surface area contributed by atoms with Crippen molar-refractivity contribution in [2.45, 2.75) is 6.92 Å². The summed E-state index contributed by atoms with van der Waals surface area (Å²) in [7, 11) is 0. The fourth-order valence-electron chi connectivity index (χ4n) is 1.82. The molecule has 0 saturated heterocycles. The summed E-state index contributed by atoms with van der Waals surface area (Å²) < 4.78 is 5.66. The van der Waals surface area contributed by atoms with Gasteiger partial charge >= 0.3 is 0 Å². The van der Waals surface area contributed by atoms with Crippen LogP contribution in [-0.4, -0.2) is 20.3 Å². The molecule has 3 rings (SSSR count). The molecule has 2 N–H and O–H groups in total. The van der Waals surface area contributed by atoms with Crippen molar-refractivity contribution in [3.8, 4) is 28.6 Å². The molecule has 5 heteroatoms. The highest BCUT2D eigenvalue weighted by atomic mass is 16.5. The maximum Gasteiger partial charge on any atom is 0.181 e. The second-order valence-electron chi connectivity index (χ2n) is 4.34. The number of nitrogens with one attached hydrogen (secondary N) is 1. The van der Waals surface area contributed by atoms with Gasteiger partial charge in [0.1, 0.15) is 11.6 Å². The van der Waals surface area contributed by atoms with Gasteiger partial charge in [-0.05, 0) is 37.3 Å². The second kappa shape index (κ2) is 5.05. The number of hydrogen-bond donors (Lipinski definition) is 2. The Morgan fingerprint density at radius 1 is 1.10 bits per heavy atom. The summed E-state index contributed by atoms with van der Waals surface area (Å²) in [6, 6.07) is 14.3. The summed E-state index contributed by atoms with van der Waals surface area (Å²) in [6.45, 7) is 1.83. The van der Waals surface area contributed by atoms with E-state index in [1.165, 1.54) is 0 Å². The topological polar surface area (TPSA) is 71.0 Å². The van der Waals surface area contributed by atoms with Crippen LogP contribution in [0, 0.1) is 6.92 Å². The molecule has 1 aromatic heterocycles. The summed E-state index contributed by atoms with van der Waals surface area (Å²) in [5.41, 5.74) is 0.776. The molecule has 0 aliphatic carbocycles. The van der Waals surface area contributed by atoms with Crippen LogP contribution in [0.25, 0.3) is 11.4 Å². The third-order valence-corrected chi connectivity index (χ3v) is 2.79. The van der Waals surface area contributed by atoms with Crippen LogP contribution in [0.4, 0.5) is 0 Å². The number of H-pyrrole nitrogens is 1. The van der Waals surface area contributed by atoms with E-state index >= 15 is 0 Å². The van der Waals surface area contributed by atoms with Crippen molar-refractivity contribution in [1.82, 2.24) is 15.2 Å². The van der Waals surface area contributed by atoms with Gasteiger partial charge in [-0.2, -0.15) is 5.10 Å². The Hall–Kier alpha value is -2.82. The molecule has 20 heavy (non-hydrogen) atoms. The van der Waals surface area contributed by atoms with E-state index in [0.29, 0.717) is 17.3 Å². The third kappa shape index (κ3) is 2.47. The van der Waals surface area contributed by atoms with Gasteiger partial charge in [0.15, 0.2) is 17.3 Å². The van der Waals surface area contributed by atoms with Crippen molar-refractivity contribution >= 4 is 0 Å². The maximum absolute atomic E-state index is 9.87. The van der Waals surface area contributed by atoms with E-state index in [1.807, 2.05) is 37.3 Å². The Kier molecular flexibility index (Phi) is 3.09. The Morgan fingerprint density at radius 3 is 2.60 bits per heavy atom. The van der Waals surface area contributed by atoms with Gasteiger partial charge in [-0.15, -0.1) is 0 Å². The van der Waals surface area contributed by atoms with E-state index in [0.717, 1.165) is 11.4 Å². The molecular formula is C15H13N3O2. The van der Waals surface area contributed by atoms with Gasteiger partial charge in [-0.1, -0.05) is 18.2 Å². The summed E-state index contributed by atoms with van der Waals surface area (Å²) >= 11 is 0. The smallest absolute Gasteiger partial charge is 0.181 e. The lowest BCUT2D eigenvalue weighted by atomic mass is 10.2. The van der Waals surface area contributed by atoms with E-state index < -0.39 is 0 Å². The second-order valence-corrected chi connectivity index (χ2v) is 4.34. The normalized spacial score (nSPS) is 10.4. The summed E-state index contributed by atoms with van der Waals surface area (Å²) in [5, 5.41) is 16.8. The van der Waals surface area contributed by atoms with Crippen LogP contribution >= 0.6 is 0 Å². The van der Waals surface area contributed by atoms with Crippen molar-refractivity contribution in [3.05, 3.63) is 54.4 Å². The number of aryl methyl sites for hydroxylation is 1. The minimum Gasteiger partial charge on any atom is -0.504 e. The minimum absolute atomic E-state index is 0.0739. The van der Waals surface area contributed by atoms with Crippen LogP contribution in [0.15, 0.2) is 48.5 Å². The zero-order valence-electron chi connectivity index (χ0n) is 10.9. The van der Waals surface area contributed by atoms with Crippen molar-refractivity contribution in [3.63, 3.8) is 0 Å². The standard InChI is InChI=1S/C15H13N3O2/c1-10-16-15(18-17-10)11-7-8-13(19)14(9-11)20-12-5-3-2-4-6-12/h2-9,19H,1H3,(H,16,17,18). The number of nitrogens with zero attached hydrogens (tertiary/aromatic N) is 2. The highest BCUT2D eigenvalue weighted by molar-refractivity contribution is 5.61. The fraction of sp³-hybridized carbons (Fsp3) is 0.0667. The van der Waals surface area contributed by atoms with Gasteiger partial charge in [0.05, 0.1) is 0 Å². The summed E-state index contributed by atoms with van der Waals surface area (Å²) in [6.07, 6.45) is 0. The first kappa shape index (κ1) is 12.2. The predicted molar refractivity (Wildman–Crippen MR) is 74.7 cm³/mol. The number of aromatic hydroxyl groups is 1. The van der Waals surface area contributed by atoms with E-state index in [2.05, 4.69) is 15.2 Å². The Balaban J connectivity index is 1.95. The predicted octanol–water partition coefficient (Wildman–Crippen LogP) is 3.28. The molecule has 1 heterocycles. The Morgan fingerprint density at radius 2 is 1.90 bits per heavy atom. The first-order valence-electron chi connectivity index (χ1n) is 6.17. The molecule has 0 aliphatic rings. The zero-order valence-corrected chi connectivity index (χ0v) is 10.9. The number of aromatic amines is 1. The fourth-order valence-corrected chi connectivity index (χ4v) is 1.82. The van der Waals surface area contributed by atoms with E-state index in [9.17, 15) is 5.11 Å². The van der Waals surface area contributed by atoms with Crippen LogP contribution in [0.2, 0.25) is 0 Å². The minimum atomic E-state index is 0.0739. The number of benzene rings is 2. The number of ether oxygens (including phenoxy) is 1. The van der Waals surface area contributed by atoms with E-state index in [4.69, 9.17) is 4.74 Å². The third-order valence-electron chi connectivity index (χ3n) is 2.79. The van der Waals surface area contributed by atoms with Crippen LogP contribution < -0.4 is 4.74 Å². The quantitative estimate of drug-likeness (QED) is 0.764. The largest absolute Gasteiger partial charge is 0.504 e. The summed E-state index contributed by atoms with van der Waals surface area (Å²) in [4.78, 5) is 4.25. The lowest BCUT2D eigenvalue weighted by Gasteiger charge is -2.08. The number of aromatic nitrogens is 3. The molecule has 0 saturated carbocycles. The van der Waals surface area contributed by atoms with Crippen molar-refractivity contribution in [1.29, 1.82) is 0 Å². The molecule has 0 radical (unpaired) electrons. The van der Waals surface area contributed by atoms with Gasteiger partial charge in [0, 0.05) is 5.56 Å². The lowest BCUT2D eigenvalue weighted by Crippen LogP contribution is -1.87. The molecule has 0 bridgehead atoms. The number of hydrogen-bond acceptors (Lipinski definition) is 4. The molecule has 0 fully saturated rings. The molecule has 3 aromatic rings. The molecule has 0 atom stereocenters. The molecule has 0 amide bonds. The lowest BCUT2D eigenvalue weighted by molar-refractivity contribution is 0.411. The van der Waals surface area contributed by atoms with E-state index in [1.54, 1.807) is 18.2 Å². The molecule has 0 unspecified atom stereocenters.